The van der Waals surface area contributed by atoms with Gasteiger partial charge in [-0.1, -0.05) is 91.0 Å². The highest BCUT2D eigenvalue weighted by Gasteiger charge is 2.36. The predicted molar refractivity (Wildman–Crippen MR) is 123 cm³/mol. The molecule has 3 aromatic rings. The van der Waals surface area contributed by atoms with Gasteiger partial charge in [-0.2, -0.15) is 0 Å². The maximum atomic E-state index is 11.2. The van der Waals surface area contributed by atoms with Gasteiger partial charge >= 0.3 is 11.9 Å². The number of carboxylic acids is 2. The van der Waals surface area contributed by atoms with Crippen LogP contribution in [0.2, 0.25) is 0 Å². The van der Waals surface area contributed by atoms with Crippen LogP contribution in [-0.2, 0) is 14.3 Å². The summed E-state index contributed by atoms with van der Waals surface area (Å²) in [5.41, 5.74) is 3.33. The lowest BCUT2D eigenvalue weighted by molar-refractivity contribution is -0.141. The third-order valence-electron chi connectivity index (χ3n) is 4.98. The summed E-state index contributed by atoms with van der Waals surface area (Å²) in [6.07, 6.45) is 0. The first-order chi connectivity index (χ1) is 15.0. The van der Waals surface area contributed by atoms with Gasteiger partial charge in [0.1, 0.15) is 0 Å². The topological polar surface area (TPSA) is 77.8 Å². The van der Waals surface area contributed by atoms with Crippen LogP contribution in [0.15, 0.2) is 91.0 Å². The van der Waals surface area contributed by atoms with Gasteiger partial charge in [0.25, 0.3) is 0 Å². The molecule has 0 spiro atoms. The first kappa shape index (κ1) is 22.6. The molecule has 31 heavy (non-hydrogen) atoms. The molecule has 0 saturated carbocycles. The molecule has 2 N–H and O–H groups in total. The Bertz CT molecular complexity index is 868. The molecule has 0 unspecified atom stereocenters. The first-order valence-electron chi connectivity index (χ1n) is 9.99. The van der Waals surface area contributed by atoms with Gasteiger partial charge in [-0.25, -0.2) is 0 Å². The zero-order valence-electron chi connectivity index (χ0n) is 17.1. The van der Waals surface area contributed by atoms with E-state index in [9.17, 15) is 9.59 Å². The van der Waals surface area contributed by atoms with E-state index in [1.165, 1.54) is 4.90 Å². The molecule has 0 fully saturated rings. The number of carbonyl (C=O) groups is 2. The molecule has 0 amide bonds. The van der Waals surface area contributed by atoms with E-state index < -0.39 is 16.7 Å². The number of hydrogen-bond acceptors (Lipinski definition) is 4. The van der Waals surface area contributed by atoms with E-state index in [0.717, 1.165) is 16.7 Å². The monoisotopic (exact) mass is 435 g/mol. The van der Waals surface area contributed by atoms with Crippen LogP contribution in [-0.4, -0.2) is 52.4 Å². The number of benzene rings is 3. The van der Waals surface area contributed by atoms with Crippen molar-refractivity contribution in [3.05, 3.63) is 108 Å². The standard InChI is InChI=1S/C25H25NO4S/c27-23(28)18-26(19-24(29)30)16-17-31-25(20-10-4-1-5-11-20,21-12-6-2-7-13-21)22-14-8-3-9-15-22/h1-15H,16-19H2,(H,27,28)(H,29,30). The van der Waals surface area contributed by atoms with Crippen LogP contribution < -0.4 is 0 Å². The van der Waals surface area contributed by atoms with E-state index in [1.807, 2.05) is 54.6 Å². The summed E-state index contributed by atoms with van der Waals surface area (Å²) >= 11 is 1.68. The van der Waals surface area contributed by atoms with Gasteiger partial charge in [0.15, 0.2) is 0 Å². The molecular formula is C25H25NO4S. The molecule has 0 saturated heterocycles. The molecule has 0 aliphatic carbocycles. The van der Waals surface area contributed by atoms with Crippen molar-refractivity contribution in [3.8, 4) is 0 Å². The van der Waals surface area contributed by atoms with E-state index in [0.29, 0.717) is 12.3 Å². The molecule has 0 radical (unpaired) electrons. The second-order valence-corrected chi connectivity index (χ2v) is 8.44. The Balaban J connectivity index is 2.00. The van der Waals surface area contributed by atoms with E-state index in [-0.39, 0.29) is 13.1 Å². The van der Waals surface area contributed by atoms with Crippen molar-refractivity contribution in [2.24, 2.45) is 0 Å². The molecule has 0 aliphatic rings. The molecule has 6 heteroatoms. The van der Waals surface area contributed by atoms with Gasteiger partial charge in [0.05, 0.1) is 17.8 Å². The molecule has 0 heterocycles. The molecule has 3 rings (SSSR count). The minimum atomic E-state index is -1.04. The molecule has 160 valence electrons. The van der Waals surface area contributed by atoms with Gasteiger partial charge in [0, 0.05) is 12.3 Å². The summed E-state index contributed by atoms with van der Waals surface area (Å²) in [6.45, 7) is -0.263. The van der Waals surface area contributed by atoms with E-state index in [1.54, 1.807) is 11.8 Å². The number of rotatable bonds is 11. The first-order valence-corrected chi connectivity index (χ1v) is 11.0. The summed E-state index contributed by atoms with van der Waals surface area (Å²) in [7, 11) is 0. The highest BCUT2D eigenvalue weighted by molar-refractivity contribution is 8.00. The van der Waals surface area contributed by atoms with Crippen LogP contribution in [0.5, 0.6) is 0 Å². The lowest BCUT2D eigenvalue weighted by Crippen LogP contribution is -2.37. The quantitative estimate of drug-likeness (QED) is 0.440. The Morgan fingerprint density at radius 1 is 0.677 bits per heavy atom. The Morgan fingerprint density at radius 3 is 1.35 bits per heavy atom. The molecule has 0 bridgehead atoms. The number of carboxylic acid groups (broad SMARTS) is 2. The average Bonchev–Trinajstić information content (AvgIpc) is 2.78. The number of hydrogen-bond donors (Lipinski definition) is 2. The predicted octanol–water partition coefficient (Wildman–Crippen LogP) is 4.18. The molecule has 5 nitrogen and oxygen atoms in total. The van der Waals surface area contributed by atoms with Crippen molar-refractivity contribution in [2.75, 3.05) is 25.4 Å². The summed E-state index contributed by atoms with van der Waals surface area (Å²) in [5, 5.41) is 18.3. The summed E-state index contributed by atoms with van der Waals surface area (Å²) in [4.78, 5) is 23.8. The van der Waals surface area contributed by atoms with Crippen molar-refractivity contribution in [1.29, 1.82) is 0 Å². The molecule has 0 aliphatic heterocycles. The smallest absolute Gasteiger partial charge is 0.317 e. The van der Waals surface area contributed by atoms with Crippen molar-refractivity contribution in [1.82, 2.24) is 4.90 Å². The SMILES string of the molecule is O=C(O)CN(CCSC(c1ccccc1)(c1ccccc1)c1ccccc1)CC(=O)O. The van der Waals surface area contributed by atoms with Crippen molar-refractivity contribution < 1.29 is 19.8 Å². The molecule has 0 atom stereocenters. The van der Waals surface area contributed by atoms with Gasteiger partial charge in [0.2, 0.25) is 0 Å². The van der Waals surface area contributed by atoms with Crippen LogP contribution in [0.1, 0.15) is 16.7 Å². The number of thioether (sulfide) groups is 1. The third kappa shape index (κ3) is 5.75. The van der Waals surface area contributed by atoms with E-state index in [4.69, 9.17) is 10.2 Å². The zero-order chi connectivity index (χ0) is 22.1. The van der Waals surface area contributed by atoms with Crippen LogP contribution >= 0.6 is 11.8 Å². The molecule has 0 aromatic heterocycles. The van der Waals surface area contributed by atoms with Gasteiger partial charge in [-0.05, 0) is 16.7 Å². The van der Waals surface area contributed by atoms with E-state index in [2.05, 4.69) is 36.4 Å². The van der Waals surface area contributed by atoms with Gasteiger partial charge in [-0.3, -0.25) is 14.5 Å². The molecule has 3 aromatic carbocycles. The fourth-order valence-electron chi connectivity index (χ4n) is 3.69. The summed E-state index contributed by atoms with van der Waals surface area (Å²) < 4.78 is -0.512. The highest BCUT2D eigenvalue weighted by atomic mass is 32.2. The zero-order valence-corrected chi connectivity index (χ0v) is 17.9. The van der Waals surface area contributed by atoms with Gasteiger partial charge < -0.3 is 10.2 Å². The minimum Gasteiger partial charge on any atom is -0.480 e. The number of aliphatic carboxylic acids is 2. The maximum Gasteiger partial charge on any atom is 0.317 e. The highest BCUT2D eigenvalue weighted by Crippen LogP contribution is 2.48. The average molecular weight is 436 g/mol. The van der Waals surface area contributed by atoms with E-state index >= 15 is 0 Å². The van der Waals surface area contributed by atoms with Crippen LogP contribution in [0.25, 0.3) is 0 Å². The molecular weight excluding hydrogens is 410 g/mol. The Labute approximate surface area is 186 Å². The summed E-state index contributed by atoms with van der Waals surface area (Å²) in [5.74, 6) is -1.52. The second kappa shape index (κ2) is 10.8. The van der Waals surface area contributed by atoms with Gasteiger partial charge in [-0.15, -0.1) is 11.8 Å². The van der Waals surface area contributed by atoms with Crippen molar-refractivity contribution in [3.63, 3.8) is 0 Å². The second-order valence-electron chi connectivity index (χ2n) is 7.13. The fraction of sp³-hybridized carbons (Fsp3) is 0.200. The normalized spacial score (nSPS) is 11.4. The van der Waals surface area contributed by atoms with Crippen LogP contribution in [0.3, 0.4) is 0 Å². The fourth-order valence-corrected chi connectivity index (χ4v) is 5.26. The van der Waals surface area contributed by atoms with Crippen molar-refractivity contribution >= 4 is 23.7 Å². The largest absolute Gasteiger partial charge is 0.480 e. The Kier molecular flexibility index (Phi) is 7.87. The summed E-state index contributed by atoms with van der Waals surface area (Å²) in [6, 6.07) is 30.6. The third-order valence-corrected chi connectivity index (χ3v) is 6.51. The number of nitrogens with zero attached hydrogens (tertiary/aromatic N) is 1. The lowest BCUT2D eigenvalue weighted by Gasteiger charge is -2.36. The lowest BCUT2D eigenvalue weighted by atomic mass is 9.84. The van der Waals surface area contributed by atoms with Crippen molar-refractivity contribution in [2.45, 2.75) is 4.75 Å². The van der Waals surface area contributed by atoms with Crippen LogP contribution in [0.4, 0.5) is 0 Å². The maximum absolute atomic E-state index is 11.2. The Morgan fingerprint density at radius 2 is 1.03 bits per heavy atom. The Hall–Kier alpha value is -3.09. The minimum absolute atomic E-state index is 0.304. The van der Waals surface area contributed by atoms with Crippen LogP contribution in [0, 0.1) is 0 Å².